The monoisotopic (exact) mass is 317 g/mol. The lowest BCUT2D eigenvalue weighted by atomic mass is 10.1. The van der Waals surface area contributed by atoms with Crippen molar-refractivity contribution in [2.75, 3.05) is 5.32 Å². The highest BCUT2D eigenvalue weighted by Gasteiger charge is 2.31. The van der Waals surface area contributed by atoms with Crippen LogP contribution >= 0.6 is 0 Å². The predicted molar refractivity (Wildman–Crippen MR) is 82.0 cm³/mol. The van der Waals surface area contributed by atoms with Gasteiger partial charge in [-0.25, -0.2) is 14.2 Å². The molecule has 3 rings (SSSR count). The Hall–Kier alpha value is -2.70. The Morgan fingerprint density at radius 1 is 1.48 bits per heavy atom. The van der Waals surface area contributed by atoms with E-state index in [2.05, 4.69) is 10.3 Å². The van der Waals surface area contributed by atoms with Gasteiger partial charge in [-0.15, -0.1) is 0 Å². The van der Waals surface area contributed by atoms with Crippen LogP contribution in [0.15, 0.2) is 29.2 Å². The maximum Gasteiger partial charge on any atom is 0.326 e. The van der Waals surface area contributed by atoms with Gasteiger partial charge >= 0.3 is 5.97 Å². The zero-order chi connectivity index (χ0) is 16.6. The summed E-state index contributed by atoms with van der Waals surface area (Å²) in [6, 6.07) is 3.87. The molecule has 0 amide bonds. The smallest absolute Gasteiger partial charge is 0.326 e. The van der Waals surface area contributed by atoms with Crippen LogP contribution in [0.5, 0.6) is 0 Å². The van der Waals surface area contributed by atoms with Crippen molar-refractivity contribution in [3.05, 3.63) is 57.4 Å². The van der Waals surface area contributed by atoms with Gasteiger partial charge in [-0.05, 0) is 43.0 Å². The first-order valence-corrected chi connectivity index (χ1v) is 7.29. The van der Waals surface area contributed by atoms with E-state index in [1.807, 2.05) is 13.0 Å². The van der Waals surface area contributed by atoms with Gasteiger partial charge in [-0.3, -0.25) is 9.36 Å². The van der Waals surface area contributed by atoms with Gasteiger partial charge < -0.3 is 10.4 Å². The molecule has 1 aliphatic rings. The number of nitrogens with zero attached hydrogens (tertiary/aromatic N) is 2. The molecule has 0 saturated carbocycles. The Morgan fingerprint density at radius 3 is 2.96 bits per heavy atom. The first-order chi connectivity index (χ1) is 11.0. The third-order valence-electron chi connectivity index (χ3n) is 3.92. The number of hydrogen-bond acceptors (Lipinski definition) is 4. The highest BCUT2D eigenvalue weighted by molar-refractivity contribution is 5.73. The first-order valence-electron chi connectivity index (χ1n) is 7.29. The van der Waals surface area contributed by atoms with Gasteiger partial charge in [0.25, 0.3) is 5.56 Å². The van der Waals surface area contributed by atoms with Gasteiger partial charge in [0.1, 0.15) is 17.7 Å². The summed E-state index contributed by atoms with van der Waals surface area (Å²) < 4.78 is 14.7. The average Bonchev–Trinajstić information content (AvgIpc) is 2.92. The summed E-state index contributed by atoms with van der Waals surface area (Å²) in [5.41, 5.74) is 1.73. The van der Waals surface area contributed by atoms with Crippen LogP contribution in [-0.4, -0.2) is 20.6 Å². The maximum atomic E-state index is 13.4. The molecule has 1 unspecified atom stereocenters. The molecule has 0 saturated heterocycles. The molecule has 2 N–H and O–H groups in total. The number of benzene rings is 1. The molecule has 2 heterocycles. The third-order valence-corrected chi connectivity index (χ3v) is 3.92. The van der Waals surface area contributed by atoms with Gasteiger partial charge in [0.15, 0.2) is 0 Å². The minimum absolute atomic E-state index is 0.310. The van der Waals surface area contributed by atoms with E-state index in [-0.39, 0.29) is 5.82 Å². The molecule has 0 spiro atoms. The predicted octanol–water partition coefficient (Wildman–Crippen LogP) is 1.87. The van der Waals surface area contributed by atoms with Gasteiger partial charge in [-0.2, -0.15) is 0 Å². The molecule has 120 valence electrons. The molecule has 6 nitrogen and oxygen atoms in total. The molecule has 2 aromatic rings. The molecule has 1 aliphatic heterocycles. The Kier molecular flexibility index (Phi) is 3.85. The number of aromatic nitrogens is 2. The Labute approximate surface area is 131 Å². The number of carbonyl (C=O) groups is 1. The van der Waals surface area contributed by atoms with E-state index < -0.39 is 17.6 Å². The number of anilines is 1. The Morgan fingerprint density at radius 2 is 2.26 bits per heavy atom. The van der Waals surface area contributed by atoms with Gasteiger partial charge in [0.2, 0.25) is 0 Å². The maximum absolute atomic E-state index is 13.4. The van der Waals surface area contributed by atoms with Crippen molar-refractivity contribution in [2.24, 2.45) is 0 Å². The van der Waals surface area contributed by atoms with Crippen LogP contribution in [0.25, 0.3) is 0 Å². The molecule has 0 bridgehead atoms. The van der Waals surface area contributed by atoms with E-state index in [0.717, 1.165) is 17.3 Å². The van der Waals surface area contributed by atoms with E-state index >= 15 is 0 Å². The van der Waals surface area contributed by atoms with Crippen LogP contribution in [0.1, 0.15) is 29.3 Å². The number of nitrogens with one attached hydrogen (secondary N) is 1. The fourth-order valence-corrected chi connectivity index (χ4v) is 2.97. The van der Waals surface area contributed by atoms with E-state index in [1.165, 1.54) is 16.7 Å². The van der Waals surface area contributed by atoms with Crippen LogP contribution in [0.4, 0.5) is 10.2 Å². The Bertz CT molecular complexity index is 812. The molecule has 0 fully saturated rings. The fraction of sp³-hybridized carbons (Fsp3) is 0.312. The molecule has 1 aromatic heterocycles. The summed E-state index contributed by atoms with van der Waals surface area (Å²) >= 11 is 0. The zero-order valence-corrected chi connectivity index (χ0v) is 12.5. The van der Waals surface area contributed by atoms with Crippen molar-refractivity contribution in [3.63, 3.8) is 0 Å². The van der Waals surface area contributed by atoms with Gasteiger partial charge in [0, 0.05) is 6.54 Å². The van der Waals surface area contributed by atoms with Crippen LogP contribution < -0.4 is 10.9 Å². The number of hydrogen-bond donors (Lipinski definition) is 2. The van der Waals surface area contributed by atoms with Crippen LogP contribution in [0, 0.1) is 12.7 Å². The highest BCUT2D eigenvalue weighted by atomic mass is 19.1. The number of aliphatic carboxylic acids is 1. The van der Waals surface area contributed by atoms with Crippen LogP contribution in [0.2, 0.25) is 0 Å². The molecule has 1 atom stereocenters. The van der Waals surface area contributed by atoms with E-state index in [9.17, 15) is 19.1 Å². The molecule has 7 heteroatoms. The average molecular weight is 317 g/mol. The van der Waals surface area contributed by atoms with Crippen molar-refractivity contribution in [3.8, 4) is 0 Å². The van der Waals surface area contributed by atoms with Crippen molar-refractivity contribution < 1.29 is 14.3 Å². The number of fused-ring (bicyclic) bond motifs is 1. The summed E-state index contributed by atoms with van der Waals surface area (Å²) in [5.74, 6) is -0.866. The first kappa shape index (κ1) is 15.2. The second-order valence-electron chi connectivity index (χ2n) is 5.64. The van der Waals surface area contributed by atoms with Crippen molar-refractivity contribution in [2.45, 2.75) is 32.4 Å². The summed E-state index contributed by atoms with van der Waals surface area (Å²) in [4.78, 5) is 27.2. The largest absolute Gasteiger partial charge is 0.480 e. The van der Waals surface area contributed by atoms with Crippen molar-refractivity contribution >= 4 is 11.8 Å². The van der Waals surface area contributed by atoms with E-state index in [1.54, 1.807) is 0 Å². The molecular weight excluding hydrogens is 301 g/mol. The molecule has 0 aliphatic carbocycles. The summed E-state index contributed by atoms with van der Waals surface area (Å²) in [6.45, 7) is 2.15. The molecule has 0 radical (unpaired) electrons. The topological polar surface area (TPSA) is 84.2 Å². The number of carboxylic acid groups (broad SMARTS) is 1. The third kappa shape index (κ3) is 2.94. The summed E-state index contributed by atoms with van der Waals surface area (Å²) in [5, 5.41) is 12.3. The second kappa shape index (κ2) is 5.83. The number of halogens is 1. The number of aryl methyl sites for hydroxylation is 1. The second-order valence-corrected chi connectivity index (χ2v) is 5.64. The highest BCUT2D eigenvalue weighted by Crippen LogP contribution is 2.28. The lowest BCUT2D eigenvalue weighted by molar-refractivity contribution is -0.140. The van der Waals surface area contributed by atoms with Gasteiger partial charge in [0.05, 0.1) is 11.9 Å². The molecule has 1 aromatic carbocycles. The minimum Gasteiger partial charge on any atom is -0.480 e. The summed E-state index contributed by atoms with van der Waals surface area (Å²) in [6.07, 6.45) is 1.94. The quantitative estimate of drug-likeness (QED) is 0.899. The standard InChI is InChI=1S/C16H16FN3O3/c1-9-4-10(6-11(17)5-9)7-18-15-12-2-3-13(16(22)23)20(12)14(21)8-19-15/h4-6,8,13,18H,2-3,7H2,1H3,(H,22,23). The lowest BCUT2D eigenvalue weighted by Gasteiger charge is -2.13. The van der Waals surface area contributed by atoms with E-state index in [4.69, 9.17) is 0 Å². The van der Waals surface area contributed by atoms with Crippen LogP contribution in [-0.2, 0) is 17.8 Å². The Balaban J connectivity index is 1.88. The lowest BCUT2D eigenvalue weighted by Crippen LogP contribution is -2.28. The van der Waals surface area contributed by atoms with Crippen LogP contribution in [0.3, 0.4) is 0 Å². The normalized spacial score (nSPS) is 16.2. The zero-order valence-electron chi connectivity index (χ0n) is 12.5. The number of carboxylic acids is 1. The molecule has 23 heavy (non-hydrogen) atoms. The van der Waals surface area contributed by atoms with Crippen molar-refractivity contribution in [1.29, 1.82) is 0 Å². The van der Waals surface area contributed by atoms with E-state index in [0.29, 0.717) is 30.9 Å². The summed E-state index contributed by atoms with van der Waals surface area (Å²) in [7, 11) is 0. The SMILES string of the molecule is Cc1cc(F)cc(CNc2ncc(=O)n3c2CCC3C(=O)O)c1. The van der Waals surface area contributed by atoms with Crippen molar-refractivity contribution in [1.82, 2.24) is 9.55 Å². The molecular formula is C16H16FN3O3. The van der Waals surface area contributed by atoms with Gasteiger partial charge in [-0.1, -0.05) is 6.07 Å². The fourth-order valence-electron chi connectivity index (χ4n) is 2.97. The minimum atomic E-state index is -1.02. The number of rotatable bonds is 4.